The number of amides is 1. The van der Waals surface area contributed by atoms with Crippen LogP contribution in [0.1, 0.15) is 62.1 Å². The first kappa shape index (κ1) is 29.7. The van der Waals surface area contributed by atoms with Gasteiger partial charge in [-0.05, 0) is 92.1 Å². The topological polar surface area (TPSA) is 52.6 Å². The highest BCUT2D eigenvalue weighted by atomic mass is 32.2. The largest absolute Gasteiger partial charge is 0.343 e. The van der Waals surface area contributed by atoms with E-state index in [0.717, 1.165) is 55.1 Å². The third-order valence-corrected chi connectivity index (χ3v) is 11.4. The summed E-state index contributed by atoms with van der Waals surface area (Å²) in [4.78, 5) is 18.9. The first-order valence-electron chi connectivity index (χ1n) is 15.6. The van der Waals surface area contributed by atoms with Crippen molar-refractivity contribution < 1.29 is 9.00 Å². The van der Waals surface area contributed by atoms with Crippen molar-refractivity contribution in [2.75, 3.05) is 27.2 Å². The summed E-state index contributed by atoms with van der Waals surface area (Å²) in [5, 5.41) is 2.17. The fraction of sp³-hybridized carbons (Fsp3) is 0.378. The molecule has 4 aromatic carbocycles. The molecule has 1 amide bonds. The van der Waals surface area contributed by atoms with Gasteiger partial charge in [0.25, 0.3) is 0 Å². The van der Waals surface area contributed by atoms with E-state index < -0.39 is 11.0 Å². The predicted molar refractivity (Wildman–Crippen MR) is 176 cm³/mol. The highest BCUT2D eigenvalue weighted by molar-refractivity contribution is 7.83. The first-order valence-corrected chi connectivity index (χ1v) is 16.8. The number of carbonyl (C=O) groups is 1. The second-order valence-corrected chi connectivity index (χ2v) is 14.0. The molecule has 1 N–H and O–H groups in total. The molecule has 1 aliphatic heterocycles. The number of likely N-dealkylation sites (tertiary alicyclic amines) is 1. The van der Waals surface area contributed by atoms with Gasteiger partial charge in [-0.3, -0.25) is 9.69 Å². The number of benzene rings is 4. The van der Waals surface area contributed by atoms with E-state index >= 15 is 0 Å². The van der Waals surface area contributed by atoms with Gasteiger partial charge in [0.2, 0.25) is 5.91 Å². The number of hydrogen-bond acceptors (Lipinski definition) is 3. The van der Waals surface area contributed by atoms with Gasteiger partial charge in [-0.1, -0.05) is 91.0 Å². The Balaban J connectivity index is 1.10. The number of carbonyl (C=O) groups excluding carboxylic acids is 1. The van der Waals surface area contributed by atoms with Crippen LogP contribution >= 0.6 is 0 Å². The Kier molecular flexibility index (Phi) is 8.80. The minimum atomic E-state index is -1.45. The molecule has 224 valence electrons. The zero-order valence-corrected chi connectivity index (χ0v) is 26.2. The molecular weight excluding hydrogens is 550 g/mol. The smallest absolute Gasteiger partial charge is 0.224 e. The normalized spacial score (nSPS) is 19.4. The minimum Gasteiger partial charge on any atom is -0.343 e. The lowest BCUT2D eigenvalue weighted by Crippen LogP contribution is -2.50. The van der Waals surface area contributed by atoms with Crippen molar-refractivity contribution in [2.45, 2.75) is 61.4 Å². The molecule has 0 radical (unpaired) electrons. The number of piperidine rings is 1. The monoisotopic (exact) mass is 593 g/mol. The van der Waals surface area contributed by atoms with Crippen LogP contribution in [0.4, 0.5) is 0 Å². The number of fused-ring (bicyclic) bond motifs is 1. The van der Waals surface area contributed by atoms with Gasteiger partial charge < -0.3 is 4.90 Å². The van der Waals surface area contributed by atoms with Crippen molar-refractivity contribution in [1.82, 2.24) is 14.5 Å². The summed E-state index contributed by atoms with van der Waals surface area (Å²) in [7, 11) is 2.99. The van der Waals surface area contributed by atoms with Crippen molar-refractivity contribution in [3.05, 3.63) is 114 Å². The molecule has 1 aliphatic carbocycles. The van der Waals surface area contributed by atoms with Crippen molar-refractivity contribution in [3.8, 4) is 0 Å². The average Bonchev–Trinajstić information content (AvgIpc) is 3.05. The van der Waals surface area contributed by atoms with E-state index in [2.05, 4.69) is 60.1 Å². The van der Waals surface area contributed by atoms with Gasteiger partial charge in [0, 0.05) is 25.0 Å². The average molecular weight is 594 g/mol. The molecule has 5 nitrogen and oxygen atoms in total. The van der Waals surface area contributed by atoms with Crippen LogP contribution in [0.2, 0.25) is 0 Å². The van der Waals surface area contributed by atoms with E-state index in [4.69, 9.17) is 0 Å². The van der Waals surface area contributed by atoms with Gasteiger partial charge in [-0.25, -0.2) is 8.93 Å². The Labute approximate surface area is 258 Å². The molecule has 0 bridgehead atoms. The lowest BCUT2D eigenvalue weighted by atomic mass is 9.61. The maximum atomic E-state index is 13.7. The Morgan fingerprint density at radius 1 is 0.791 bits per heavy atom. The molecule has 2 fully saturated rings. The fourth-order valence-electron chi connectivity index (χ4n) is 7.36. The second kappa shape index (κ2) is 12.7. The van der Waals surface area contributed by atoms with E-state index in [1.165, 1.54) is 18.4 Å². The van der Waals surface area contributed by atoms with E-state index in [1.807, 2.05) is 71.6 Å². The lowest BCUT2D eigenvalue weighted by molar-refractivity contribution is -0.134. The maximum absolute atomic E-state index is 13.7. The first-order chi connectivity index (χ1) is 20.9. The summed E-state index contributed by atoms with van der Waals surface area (Å²) in [5.74, 6) is 0.134. The molecule has 6 heteroatoms. The van der Waals surface area contributed by atoms with Crippen molar-refractivity contribution >= 4 is 27.7 Å². The number of hydrogen-bond donors (Lipinski definition) is 1. The van der Waals surface area contributed by atoms with E-state index in [9.17, 15) is 9.00 Å². The molecule has 1 heterocycles. The van der Waals surface area contributed by atoms with Crippen LogP contribution in [0.5, 0.6) is 0 Å². The molecule has 6 rings (SSSR count). The van der Waals surface area contributed by atoms with Gasteiger partial charge in [0.15, 0.2) is 0 Å². The predicted octanol–water partition coefficient (Wildman–Crippen LogP) is 7.22. The molecule has 1 spiro atoms. The Morgan fingerprint density at radius 2 is 1.40 bits per heavy atom. The van der Waals surface area contributed by atoms with Crippen LogP contribution in [0.15, 0.2) is 108 Å². The quantitative estimate of drug-likeness (QED) is 0.235. The van der Waals surface area contributed by atoms with Crippen LogP contribution in [0.25, 0.3) is 10.8 Å². The molecule has 2 unspecified atom stereocenters. The van der Waals surface area contributed by atoms with Crippen LogP contribution in [0.3, 0.4) is 0 Å². The molecule has 2 atom stereocenters. The Hall–Kier alpha value is -3.32. The third-order valence-electron chi connectivity index (χ3n) is 10.2. The summed E-state index contributed by atoms with van der Waals surface area (Å²) >= 11 is 0. The van der Waals surface area contributed by atoms with Gasteiger partial charge >= 0.3 is 0 Å². The number of nitrogens with zero attached hydrogens (tertiary/aromatic N) is 2. The summed E-state index contributed by atoms with van der Waals surface area (Å²) in [6, 6.07) is 34.6. The summed E-state index contributed by atoms with van der Waals surface area (Å²) in [6.45, 7) is 1.60. The SMILES string of the molecule is CN(C)C1(c2ccccc2)CCC2(CCN(C(=O)CC(NS(=O)c3ccc4ccccc4c3)c3ccccc3)CC2)CC1. The van der Waals surface area contributed by atoms with Crippen LogP contribution < -0.4 is 4.72 Å². The molecule has 43 heavy (non-hydrogen) atoms. The van der Waals surface area contributed by atoms with Crippen molar-refractivity contribution in [2.24, 2.45) is 5.41 Å². The zero-order chi connectivity index (χ0) is 29.9. The molecular formula is C37H43N3O2S. The molecule has 0 aromatic heterocycles. The summed E-state index contributed by atoms with van der Waals surface area (Å²) in [5.41, 5.74) is 2.81. The highest BCUT2D eigenvalue weighted by Crippen LogP contribution is 2.52. The molecule has 4 aromatic rings. The highest BCUT2D eigenvalue weighted by Gasteiger charge is 2.46. The molecule has 2 aliphatic rings. The van der Waals surface area contributed by atoms with Crippen molar-refractivity contribution in [1.29, 1.82) is 0 Å². The standard InChI is InChI=1S/C37H43N3O2S/c1-39(2)37(32-15-7-4-8-16-32)21-19-36(20-22-37)23-25-40(26-24-36)35(41)28-34(30-12-5-3-6-13-30)38-43(42)33-18-17-29-11-9-10-14-31(29)27-33/h3-18,27,34,38H,19-26,28H2,1-2H3. The summed E-state index contributed by atoms with van der Waals surface area (Å²) < 4.78 is 16.8. The van der Waals surface area contributed by atoms with Gasteiger partial charge in [0.1, 0.15) is 11.0 Å². The Bertz CT molecular complexity index is 1550. The van der Waals surface area contributed by atoms with E-state index in [1.54, 1.807) is 0 Å². The van der Waals surface area contributed by atoms with Crippen molar-refractivity contribution in [3.63, 3.8) is 0 Å². The fourth-order valence-corrected chi connectivity index (χ4v) is 8.40. The van der Waals surface area contributed by atoms with E-state index in [0.29, 0.717) is 10.3 Å². The maximum Gasteiger partial charge on any atom is 0.224 e. The Morgan fingerprint density at radius 3 is 2.05 bits per heavy atom. The van der Waals surface area contributed by atoms with Gasteiger partial charge in [0.05, 0.1) is 10.9 Å². The summed E-state index contributed by atoms with van der Waals surface area (Å²) in [6.07, 6.45) is 7.10. The lowest BCUT2D eigenvalue weighted by Gasteiger charge is -2.52. The van der Waals surface area contributed by atoms with Crippen LogP contribution in [-0.2, 0) is 21.3 Å². The van der Waals surface area contributed by atoms with E-state index in [-0.39, 0.29) is 23.9 Å². The second-order valence-electron chi connectivity index (χ2n) is 12.7. The zero-order valence-electron chi connectivity index (χ0n) is 25.4. The number of nitrogens with one attached hydrogen (secondary N) is 1. The van der Waals surface area contributed by atoms with Crippen LogP contribution in [-0.4, -0.2) is 47.1 Å². The molecule has 1 saturated heterocycles. The minimum absolute atomic E-state index is 0.0920. The van der Waals surface area contributed by atoms with Crippen LogP contribution in [0, 0.1) is 5.41 Å². The third kappa shape index (κ3) is 6.33. The molecule has 1 saturated carbocycles. The van der Waals surface area contributed by atoms with Gasteiger partial charge in [-0.2, -0.15) is 0 Å². The number of rotatable bonds is 8. The van der Waals surface area contributed by atoms with Gasteiger partial charge in [-0.15, -0.1) is 0 Å².